The molecule has 1 aliphatic carbocycles. The smallest absolute Gasteiger partial charge is 0.437 e. The first-order chi connectivity index (χ1) is 8.91. The third-order valence-electron chi connectivity index (χ3n) is 3.09. The van der Waals surface area contributed by atoms with E-state index in [1.54, 1.807) is 0 Å². The van der Waals surface area contributed by atoms with Crippen molar-refractivity contribution in [2.75, 3.05) is 6.61 Å². The zero-order chi connectivity index (χ0) is 14.0. The fraction of sp³-hybridized carbons (Fsp3) is 0.667. The molecule has 1 heterocycles. The topological polar surface area (TPSA) is 52.3 Å². The van der Waals surface area contributed by atoms with E-state index in [1.165, 1.54) is 6.92 Å². The van der Waals surface area contributed by atoms with E-state index in [2.05, 4.69) is 9.72 Å². The van der Waals surface area contributed by atoms with Gasteiger partial charge in [-0.1, -0.05) is 6.42 Å². The molecule has 106 valence electrons. The molecule has 0 amide bonds. The van der Waals surface area contributed by atoms with Gasteiger partial charge in [0.1, 0.15) is 0 Å². The van der Waals surface area contributed by atoms with Crippen molar-refractivity contribution in [2.24, 2.45) is 5.92 Å². The van der Waals surface area contributed by atoms with E-state index in [1.807, 2.05) is 0 Å². The molecule has 0 unspecified atom stereocenters. The Morgan fingerprint density at radius 2 is 2.16 bits per heavy atom. The van der Waals surface area contributed by atoms with Crippen LogP contribution in [0, 0.1) is 5.92 Å². The Bertz CT molecular complexity index is 463. The molecule has 2 rings (SSSR count). The SMILES string of the molecule is CCOC(=O)c1oc(CC2CCC2)nc1C(F)(F)F. The molecule has 4 nitrogen and oxygen atoms in total. The van der Waals surface area contributed by atoms with E-state index in [0.29, 0.717) is 12.3 Å². The second-order valence-corrected chi connectivity index (χ2v) is 4.50. The third kappa shape index (κ3) is 3.08. The number of ether oxygens (including phenoxy) is 1. The van der Waals surface area contributed by atoms with Gasteiger partial charge in [0, 0.05) is 6.42 Å². The van der Waals surface area contributed by atoms with Crippen molar-refractivity contribution < 1.29 is 27.1 Å². The minimum atomic E-state index is -4.72. The Labute approximate surface area is 107 Å². The average Bonchev–Trinajstić information content (AvgIpc) is 2.67. The number of nitrogens with zero attached hydrogens (tertiary/aromatic N) is 1. The highest BCUT2D eigenvalue weighted by Gasteiger charge is 2.42. The summed E-state index contributed by atoms with van der Waals surface area (Å²) in [6.07, 6.45) is -1.40. The van der Waals surface area contributed by atoms with Gasteiger partial charge in [0.2, 0.25) is 5.76 Å². The minimum absolute atomic E-state index is 0.0191. The van der Waals surface area contributed by atoms with Crippen molar-refractivity contribution in [2.45, 2.75) is 38.8 Å². The molecule has 7 heteroatoms. The van der Waals surface area contributed by atoms with Gasteiger partial charge in [0.25, 0.3) is 0 Å². The summed E-state index contributed by atoms with van der Waals surface area (Å²) in [5.41, 5.74) is -1.29. The lowest BCUT2D eigenvalue weighted by atomic mass is 9.83. The molecule has 0 bridgehead atoms. The monoisotopic (exact) mass is 277 g/mol. The lowest BCUT2D eigenvalue weighted by Gasteiger charge is -2.23. The molecular weight excluding hydrogens is 263 g/mol. The molecular formula is C12H14F3NO3. The maximum atomic E-state index is 12.8. The van der Waals surface area contributed by atoms with Crippen LogP contribution in [0.15, 0.2) is 4.42 Å². The summed E-state index contributed by atoms with van der Waals surface area (Å²) in [5.74, 6) is -1.71. The van der Waals surface area contributed by atoms with E-state index >= 15 is 0 Å². The van der Waals surface area contributed by atoms with Crippen LogP contribution in [-0.4, -0.2) is 17.6 Å². The molecule has 0 aromatic carbocycles. The van der Waals surface area contributed by atoms with Crippen LogP contribution in [0.25, 0.3) is 0 Å². The third-order valence-corrected chi connectivity index (χ3v) is 3.09. The summed E-state index contributed by atoms with van der Waals surface area (Å²) in [7, 11) is 0. The Hall–Kier alpha value is -1.53. The lowest BCUT2D eigenvalue weighted by Crippen LogP contribution is -2.15. The summed E-state index contributed by atoms with van der Waals surface area (Å²) in [4.78, 5) is 14.9. The maximum Gasteiger partial charge on any atom is 0.437 e. The van der Waals surface area contributed by atoms with Crippen LogP contribution >= 0.6 is 0 Å². The number of oxazole rings is 1. The average molecular weight is 277 g/mol. The van der Waals surface area contributed by atoms with E-state index < -0.39 is 23.6 Å². The number of carbonyl (C=O) groups excluding carboxylic acids is 1. The van der Waals surface area contributed by atoms with Gasteiger partial charge in [-0.05, 0) is 25.7 Å². The number of carbonyl (C=O) groups is 1. The van der Waals surface area contributed by atoms with Gasteiger partial charge in [-0.3, -0.25) is 0 Å². The molecule has 0 atom stereocenters. The van der Waals surface area contributed by atoms with Gasteiger partial charge < -0.3 is 9.15 Å². The van der Waals surface area contributed by atoms with Crippen LogP contribution in [0.4, 0.5) is 13.2 Å². The van der Waals surface area contributed by atoms with E-state index in [4.69, 9.17) is 4.42 Å². The van der Waals surface area contributed by atoms with Crippen LogP contribution in [0.5, 0.6) is 0 Å². The minimum Gasteiger partial charge on any atom is -0.460 e. The van der Waals surface area contributed by atoms with Gasteiger partial charge >= 0.3 is 12.1 Å². The van der Waals surface area contributed by atoms with Crippen molar-refractivity contribution in [3.05, 3.63) is 17.3 Å². The van der Waals surface area contributed by atoms with Crippen molar-refractivity contribution in [3.8, 4) is 0 Å². The standard InChI is InChI=1S/C12H14F3NO3/c1-2-18-11(17)9-10(12(13,14)15)16-8(19-9)6-7-4-3-5-7/h7H,2-6H2,1H3. The quantitative estimate of drug-likeness (QED) is 0.793. The molecule has 0 aliphatic heterocycles. The molecule has 0 saturated heterocycles. The number of esters is 1. The molecule has 19 heavy (non-hydrogen) atoms. The molecule has 1 aromatic rings. The number of halogens is 3. The van der Waals surface area contributed by atoms with E-state index in [9.17, 15) is 18.0 Å². The van der Waals surface area contributed by atoms with Crippen LogP contribution in [-0.2, 0) is 17.3 Å². The Kier molecular flexibility index (Phi) is 3.82. The lowest BCUT2D eigenvalue weighted by molar-refractivity contribution is -0.141. The van der Waals surface area contributed by atoms with Crippen molar-refractivity contribution >= 4 is 5.97 Å². The number of alkyl halides is 3. The Morgan fingerprint density at radius 1 is 1.47 bits per heavy atom. The molecule has 0 radical (unpaired) electrons. The summed E-state index contributed by atoms with van der Waals surface area (Å²) in [6, 6.07) is 0. The predicted octanol–water partition coefficient (Wildman–Crippen LogP) is 3.21. The molecule has 1 aromatic heterocycles. The fourth-order valence-electron chi connectivity index (χ4n) is 1.92. The first kappa shape index (κ1) is 13.9. The largest absolute Gasteiger partial charge is 0.460 e. The summed E-state index contributed by atoms with van der Waals surface area (Å²) >= 11 is 0. The molecule has 0 spiro atoms. The van der Waals surface area contributed by atoms with Crippen molar-refractivity contribution in [1.29, 1.82) is 0 Å². The molecule has 1 aliphatic rings. The zero-order valence-corrected chi connectivity index (χ0v) is 10.4. The maximum absolute atomic E-state index is 12.8. The van der Waals surface area contributed by atoms with Crippen molar-refractivity contribution in [1.82, 2.24) is 4.98 Å². The van der Waals surface area contributed by atoms with Crippen molar-refractivity contribution in [3.63, 3.8) is 0 Å². The first-order valence-corrected chi connectivity index (χ1v) is 6.15. The van der Waals surface area contributed by atoms with E-state index in [0.717, 1.165) is 19.3 Å². The van der Waals surface area contributed by atoms with Crippen LogP contribution in [0.2, 0.25) is 0 Å². The van der Waals surface area contributed by atoms with Gasteiger partial charge in [0.05, 0.1) is 6.61 Å². The second kappa shape index (κ2) is 5.22. The van der Waals surface area contributed by atoms with E-state index in [-0.39, 0.29) is 12.5 Å². The number of aromatic nitrogens is 1. The van der Waals surface area contributed by atoms with Crippen LogP contribution < -0.4 is 0 Å². The summed E-state index contributed by atoms with van der Waals surface area (Å²) < 4.78 is 47.8. The fourth-order valence-corrected chi connectivity index (χ4v) is 1.92. The second-order valence-electron chi connectivity index (χ2n) is 4.50. The van der Waals surface area contributed by atoms with Gasteiger partial charge in [-0.25, -0.2) is 9.78 Å². The predicted molar refractivity (Wildman–Crippen MR) is 58.5 cm³/mol. The molecule has 1 fully saturated rings. The molecule has 0 N–H and O–H groups in total. The summed E-state index contributed by atoms with van der Waals surface area (Å²) in [6.45, 7) is 1.49. The number of hydrogen-bond acceptors (Lipinski definition) is 4. The summed E-state index contributed by atoms with van der Waals surface area (Å²) in [5, 5.41) is 0. The normalized spacial score (nSPS) is 16.2. The van der Waals surface area contributed by atoms with Gasteiger partial charge in [-0.15, -0.1) is 0 Å². The van der Waals surface area contributed by atoms with Gasteiger partial charge in [0.15, 0.2) is 11.6 Å². The highest BCUT2D eigenvalue weighted by Crippen LogP contribution is 2.35. The highest BCUT2D eigenvalue weighted by atomic mass is 19.4. The van der Waals surface area contributed by atoms with Crippen LogP contribution in [0.3, 0.4) is 0 Å². The zero-order valence-electron chi connectivity index (χ0n) is 10.4. The molecule has 1 saturated carbocycles. The van der Waals surface area contributed by atoms with Crippen LogP contribution in [0.1, 0.15) is 48.3 Å². The van der Waals surface area contributed by atoms with Gasteiger partial charge in [-0.2, -0.15) is 13.2 Å². The number of rotatable bonds is 4. The Morgan fingerprint density at radius 3 is 2.63 bits per heavy atom. The first-order valence-electron chi connectivity index (χ1n) is 6.15. The Balaban J connectivity index is 2.25. The highest BCUT2D eigenvalue weighted by molar-refractivity contribution is 5.87. The number of hydrogen-bond donors (Lipinski definition) is 0.